The van der Waals surface area contributed by atoms with Crippen LogP contribution in [-0.4, -0.2) is 29.3 Å². The molecule has 2 rings (SSSR count). The van der Waals surface area contributed by atoms with E-state index in [2.05, 4.69) is 16.9 Å². The molecule has 1 aliphatic carbocycles. The summed E-state index contributed by atoms with van der Waals surface area (Å²) in [5, 5.41) is 0. The van der Waals surface area contributed by atoms with Crippen LogP contribution in [0, 0.1) is 0 Å². The third-order valence-corrected chi connectivity index (χ3v) is 3.27. The van der Waals surface area contributed by atoms with Crippen molar-refractivity contribution in [2.45, 2.75) is 72.8 Å². The third kappa shape index (κ3) is 5.52. The number of ether oxygens (including phenoxy) is 1. The molecule has 1 aromatic heterocycles. The van der Waals surface area contributed by atoms with Crippen molar-refractivity contribution < 1.29 is 9.13 Å². The number of nitrogens with zero attached hydrogens (tertiary/aromatic N) is 2. The van der Waals surface area contributed by atoms with Crippen LogP contribution < -0.4 is 10.5 Å². The van der Waals surface area contributed by atoms with E-state index >= 15 is 0 Å². The molecule has 1 saturated carbocycles. The van der Waals surface area contributed by atoms with Crippen molar-refractivity contribution in [3.8, 4) is 5.88 Å². The van der Waals surface area contributed by atoms with E-state index in [1.54, 1.807) is 6.92 Å². The highest BCUT2D eigenvalue weighted by Gasteiger charge is 2.29. The van der Waals surface area contributed by atoms with Gasteiger partial charge in [0.15, 0.2) is 0 Å². The second kappa shape index (κ2) is 10.5. The fraction of sp³-hybridized carbons (Fsp3) is 0.765. The summed E-state index contributed by atoms with van der Waals surface area (Å²) in [6, 6.07) is 0. The fourth-order valence-electron chi connectivity index (χ4n) is 2.06. The molecule has 0 radical (unpaired) electrons. The standard InChI is InChI=1S/C14H22FN3O.C2H6.CH4/c1-3-12-11(6-7-16)14(19-9(2)8-15)18-13(17-12)10-4-5-10;1-2;/h9-10H,3-8,16H2,1-2H3;1-2H3;1H4. The zero-order chi connectivity index (χ0) is 15.8. The van der Waals surface area contributed by atoms with Gasteiger partial charge >= 0.3 is 0 Å². The van der Waals surface area contributed by atoms with Gasteiger partial charge < -0.3 is 10.5 Å². The minimum Gasteiger partial charge on any atom is -0.472 e. The molecule has 128 valence electrons. The summed E-state index contributed by atoms with van der Waals surface area (Å²) in [6.45, 7) is 7.75. The van der Waals surface area contributed by atoms with Crippen molar-refractivity contribution >= 4 is 0 Å². The number of hydrogen-bond donors (Lipinski definition) is 1. The molecular formula is C17H32FN3O. The lowest BCUT2D eigenvalue weighted by atomic mass is 10.1. The van der Waals surface area contributed by atoms with Crippen LogP contribution in [0.25, 0.3) is 0 Å². The van der Waals surface area contributed by atoms with Crippen LogP contribution >= 0.6 is 0 Å². The van der Waals surface area contributed by atoms with Crippen LogP contribution in [0.3, 0.4) is 0 Å². The van der Waals surface area contributed by atoms with E-state index in [4.69, 9.17) is 10.5 Å². The van der Waals surface area contributed by atoms with Gasteiger partial charge in [0.25, 0.3) is 0 Å². The van der Waals surface area contributed by atoms with Crippen molar-refractivity contribution in [3.63, 3.8) is 0 Å². The number of halogens is 1. The highest BCUT2D eigenvalue weighted by Crippen LogP contribution is 2.39. The minimum atomic E-state index is -0.522. The van der Waals surface area contributed by atoms with E-state index in [-0.39, 0.29) is 7.43 Å². The summed E-state index contributed by atoms with van der Waals surface area (Å²) in [6.07, 6.45) is 3.28. The average molecular weight is 313 g/mol. The summed E-state index contributed by atoms with van der Waals surface area (Å²) in [7, 11) is 0. The first-order valence-electron chi connectivity index (χ1n) is 8.01. The monoisotopic (exact) mass is 313 g/mol. The minimum absolute atomic E-state index is 0. The normalized spacial score (nSPS) is 14.5. The largest absolute Gasteiger partial charge is 0.472 e. The summed E-state index contributed by atoms with van der Waals surface area (Å²) in [5.41, 5.74) is 7.57. The Kier molecular flexibility index (Phi) is 9.90. The fourth-order valence-corrected chi connectivity index (χ4v) is 2.06. The number of alkyl halides is 1. The summed E-state index contributed by atoms with van der Waals surface area (Å²) >= 11 is 0. The molecule has 0 aromatic carbocycles. The molecule has 0 amide bonds. The van der Waals surface area contributed by atoms with Crippen molar-refractivity contribution in [2.75, 3.05) is 13.2 Å². The Hall–Kier alpha value is -1.23. The Morgan fingerprint density at radius 3 is 2.41 bits per heavy atom. The third-order valence-electron chi connectivity index (χ3n) is 3.27. The lowest BCUT2D eigenvalue weighted by molar-refractivity contribution is 0.172. The molecule has 0 saturated heterocycles. The number of hydrogen-bond acceptors (Lipinski definition) is 4. The van der Waals surface area contributed by atoms with Crippen LogP contribution in [0.15, 0.2) is 0 Å². The number of rotatable bonds is 7. The molecule has 4 nitrogen and oxygen atoms in total. The Balaban J connectivity index is 0.00000141. The molecule has 22 heavy (non-hydrogen) atoms. The first kappa shape index (κ1) is 20.8. The highest BCUT2D eigenvalue weighted by molar-refractivity contribution is 5.33. The summed E-state index contributed by atoms with van der Waals surface area (Å²) < 4.78 is 18.3. The van der Waals surface area contributed by atoms with Crippen LogP contribution in [0.5, 0.6) is 5.88 Å². The van der Waals surface area contributed by atoms with E-state index in [9.17, 15) is 4.39 Å². The lowest BCUT2D eigenvalue weighted by Gasteiger charge is -2.17. The van der Waals surface area contributed by atoms with E-state index in [0.717, 1.165) is 36.3 Å². The first-order valence-corrected chi connectivity index (χ1v) is 8.01. The Labute approximate surface area is 134 Å². The van der Waals surface area contributed by atoms with Gasteiger partial charge in [-0.3, -0.25) is 0 Å². The van der Waals surface area contributed by atoms with Gasteiger partial charge in [-0.25, -0.2) is 9.37 Å². The van der Waals surface area contributed by atoms with Crippen LogP contribution in [-0.2, 0) is 12.8 Å². The zero-order valence-electron chi connectivity index (χ0n) is 13.7. The van der Waals surface area contributed by atoms with Gasteiger partial charge in [0, 0.05) is 11.5 Å². The van der Waals surface area contributed by atoms with Crippen molar-refractivity contribution in [1.82, 2.24) is 9.97 Å². The molecule has 0 aliphatic heterocycles. The van der Waals surface area contributed by atoms with E-state index in [1.807, 2.05) is 13.8 Å². The second-order valence-corrected chi connectivity index (χ2v) is 5.06. The lowest BCUT2D eigenvalue weighted by Crippen LogP contribution is -2.19. The predicted molar refractivity (Wildman–Crippen MR) is 90.3 cm³/mol. The predicted octanol–water partition coefficient (Wildman–Crippen LogP) is 3.82. The average Bonchev–Trinajstić information content (AvgIpc) is 3.35. The van der Waals surface area contributed by atoms with Gasteiger partial charge in [-0.1, -0.05) is 28.2 Å². The molecular weight excluding hydrogens is 281 g/mol. The Morgan fingerprint density at radius 2 is 1.95 bits per heavy atom. The summed E-state index contributed by atoms with van der Waals surface area (Å²) in [5.74, 6) is 1.84. The van der Waals surface area contributed by atoms with Gasteiger partial charge in [0.05, 0.1) is 5.69 Å². The highest BCUT2D eigenvalue weighted by atomic mass is 19.1. The smallest absolute Gasteiger partial charge is 0.220 e. The first-order chi connectivity index (χ1) is 10.2. The molecule has 0 spiro atoms. The molecule has 1 heterocycles. The maximum absolute atomic E-state index is 12.7. The molecule has 1 aromatic rings. The molecule has 0 bridgehead atoms. The molecule has 1 unspecified atom stereocenters. The zero-order valence-corrected chi connectivity index (χ0v) is 13.7. The van der Waals surface area contributed by atoms with Gasteiger partial charge in [-0.2, -0.15) is 4.98 Å². The Morgan fingerprint density at radius 1 is 1.32 bits per heavy atom. The van der Waals surface area contributed by atoms with Gasteiger partial charge in [0.2, 0.25) is 5.88 Å². The van der Waals surface area contributed by atoms with Gasteiger partial charge in [0.1, 0.15) is 18.6 Å². The van der Waals surface area contributed by atoms with Gasteiger partial charge in [-0.05, 0) is 39.2 Å². The molecule has 1 atom stereocenters. The number of aromatic nitrogens is 2. The molecule has 1 fully saturated rings. The maximum atomic E-state index is 12.7. The van der Waals surface area contributed by atoms with Crippen molar-refractivity contribution in [2.24, 2.45) is 5.73 Å². The van der Waals surface area contributed by atoms with Crippen LogP contribution in [0.2, 0.25) is 0 Å². The van der Waals surface area contributed by atoms with Crippen molar-refractivity contribution in [1.29, 1.82) is 0 Å². The van der Waals surface area contributed by atoms with E-state index < -0.39 is 12.8 Å². The van der Waals surface area contributed by atoms with Gasteiger partial charge in [-0.15, -0.1) is 0 Å². The molecule has 2 N–H and O–H groups in total. The maximum Gasteiger partial charge on any atom is 0.220 e. The topological polar surface area (TPSA) is 61.0 Å². The molecule has 5 heteroatoms. The second-order valence-electron chi connectivity index (χ2n) is 5.06. The van der Waals surface area contributed by atoms with Crippen molar-refractivity contribution in [3.05, 3.63) is 17.1 Å². The SMILES string of the molecule is C.CC.CCc1nc(C2CC2)nc(OC(C)CF)c1CCN. The Bertz CT molecular complexity index is 436. The van der Waals surface area contributed by atoms with E-state index in [1.165, 1.54) is 0 Å². The van der Waals surface area contributed by atoms with Crippen LogP contribution in [0.1, 0.15) is 71.0 Å². The van der Waals surface area contributed by atoms with Crippen LogP contribution in [0.4, 0.5) is 4.39 Å². The number of nitrogens with two attached hydrogens (primary N) is 1. The number of aryl methyl sites for hydroxylation is 1. The van der Waals surface area contributed by atoms with E-state index in [0.29, 0.717) is 24.8 Å². The quantitative estimate of drug-likeness (QED) is 0.831. The summed E-state index contributed by atoms with van der Waals surface area (Å²) in [4.78, 5) is 9.12. The molecule has 1 aliphatic rings.